The molecule has 1 aliphatic carbocycles. The summed E-state index contributed by atoms with van der Waals surface area (Å²) in [4.78, 5) is 18.4. The third-order valence-corrected chi connectivity index (χ3v) is 3.04. The molecule has 1 fully saturated rings. The van der Waals surface area contributed by atoms with Crippen molar-refractivity contribution in [2.24, 2.45) is 0 Å². The van der Waals surface area contributed by atoms with Gasteiger partial charge in [0.15, 0.2) is 5.76 Å². The van der Waals surface area contributed by atoms with E-state index < -0.39 is 0 Å². The number of furan rings is 1. The van der Waals surface area contributed by atoms with E-state index in [-0.39, 0.29) is 5.91 Å². The van der Waals surface area contributed by atoms with Gasteiger partial charge in [-0.05, 0) is 37.1 Å². The lowest BCUT2D eigenvalue weighted by Gasteiger charge is -2.20. The van der Waals surface area contributed by atoms with E-state index >= 15 is 0 Å². The van der Waals surface area contributed by atoms with Crippen LogP contribution in [-0.4, -0.2) is 21.8 Å². The Hall–Kier alpha value is -2.10. The van der Waals surface area contributed by atoms with Crippen molar-refractivity contribution in [2.75, 3.05) is 0 Å². The van der Waals surface area contributed by atoms with Gasteiger partial charge in [0.2, 0.25) is 0 Å². The molecule has 18 heavy (non-hydrogen) atoms. The van der Waals surface area contributed by atoms with Gasteiger partial charge in [-0.1, -0.05) is 6.07 Å². The van der Waals surface area contributed by atoms with Crippen molar-refractivity contribution >= 4 is 5.91 Å². The maximum atomic E-state index is 12.3. The van der Waals surface area contributed by atoms with Crippen LogP contribution in [0.15, 0.2) is 47.2 Å². The fraction of sp³-hybridized carbons (Fsp3) is 0.286. The largest absolute Gasteiger partial charge is 0.459 e. The summed E-state index contributed by atoms with van der Waals surface area (Å²) in [6, 6.07) is 9.52. The fourth-order valence-corrected chi connectivity index (χ4v) is 1.96. The number of aromatic nitrogens is 1. The topological polar surface area (TPSA) is 46.3 Å². The van der Waals surface area contributed by atoms with Crippen LogP contribution < -0.4 is 0 Å². The summed E-state index contributed by atoms with van der Waals surface area (Å²) < 4.78 is 5.18. The molecule has 92 valence electrons. The van der Waals surface area contributed by atoms with Crippen LogP contribution in [0, 0.1) is 0 Å². The van der Waals surface area contributed by atoms with Gasteiger partial charge in [-0.15, -0.1) is 0 Å². The number of hydrogen-bond donors (Lipinski definition) is 0. The summed E-state index contributed by atoms with van der Waals surface area (Å²) in [5.41, 5.74) is 0.907. The minimum absolute atomic E-state index is 0.0480. The second-order valence-corrected chi connectivity index (χ2v) is 4.46. The van der Waals surface area contributed by atoms with Gasteiger partial charge in [-0.25, -0.2) is 0 Å². The molecular formula is C14H14N2O2. The van der Waals surface area contributed by atoms with Gasteiger partial charge in [-0.2, -0.15) is 0 Å². The third-order valence-electron chi connectivity index (χ3n) is 3.04. The molecule has 0 unspecified atom stereocenters. The summed E-state index contributed by atoms with van der Waals surface area (Å²) in [5.74, 6) is 0.353. The van der Waals surface area contributed by atoms with Crippen molar-refractivity contribution < 1.29 is 9.21 Å². The predicted octanol–water partition coefficient (Wildman–Crippen LogP) is 2.48. The third kappa shape index (κ3) is 2.27. The molecule has 1 aliphatic rings. The molecule has 4 heteroatoms. The number of nitrogens with zero attached hydrogens (tertiary/aromatic N) is 2. The van der Waals surface area contributed by atoms with Crippen molar-refractivity contribution in [1.82, 2.24) is 9.88 Å². The molecule has 0 aromatic carbocycles. The van der Waals surface area contributed by atoms with E-state index in [1.165, 1.54) is 6.26 Å². The number of rotatable bonds is 4. The Morgan fingerprint density at radius 3 is 2.83 bits per heavy atom. The van der Waals surface area contributed by atoms with E-state index in [2.05, 4.69) is 4.98 Å². The van der Waals surface area contributed by atoms with E-state index in [9.17, 15) is 4.79 Å². The first-order valence-corrected chi connectivity index (χ1v) is 6.09. The lowest BCUT2D eigenvalue weighted by molar-refractivity contribution is 0.0695. The Bertz CT molecular complexity index is 518. The number of amides is 1. The van der Waals surface area contributed by atoms with Crippen LogP contribution >= 0.6 is 0 Å². The average Bonchev–Trinajstić information content (AvgIpc) is 3.10. The highest BCUT2D eigenvalue weighted by molar-refractivity contribution is 5.91. The normalized spacial score (nSPS) is 14.4. The molecule has 0 bridgehead atoms. The highest BCUT2D eigenvalue weighted by Crippen LogP contribution is 2.29. The van der Waals surface area contributed by atoms with Crippen LogP contribution in [-0.2, 0) is 6.54 Å². The summed E-state index contributed by atoms with van der Waals surface area (Å²) in [6.07, 6.45) is 5.41. The lowest BCUT2D eigenvalue weighted by Crippen LogP contribution is -2.32. The first-order valence-electron chi connectivity index (χ1n) is 6.09. The first-order chi connectivity index (χ1) is 8.84. The first kappa shape index (κ1) is 11.0. The van der Waals surface area contributed by atoms with Crippen LogP contribution in [0.25, 0.3) is 0 Å². The molecule has 0 atom stereocenters. The molecule has 0 spiro atoms. The summed E-state index contributed by atoms with van der Waals surface area (Å²) >= 11 is 0. The van der Waals surface area contributed by atoms with Crippen molar-refractivity contribution in [3.05, 3.63) is 54.2 Å². The molecule has 2 aromatic rings. The Balaban J connectivity index is 1.79. The van der Waals surface area contributed by atoms with E-state index in [4.69, 9.17) is 4.42 Å². The molecule has 2 aromatic heterocycles. The minimum Gasteiger partial charge on any atom is -0.459 e. The van der Waals surface area contributed by atoms with Gasteiger partial charge in [0.05, 0.1) is 18.5 Å². The predicted molar refractivity (Wildman–Crippen MR) is 65.8 cm³/mol. The maximum Gasteiger partial charge on any atom is 0.290 e. The van der Waals surface area contributed by atoms with E-state index in [1.54, 1.807) is 18.3 Å². The zero-order valence-electron chi connectivity index (χ0n) is 9.95. The molecule has 0 saturated heterocycles. The second kappa shape index (κ2) is 4.64. The van der Waals surface area contributed by atoms with Gasteiger partial charge >= 0.3 is 0 Å². The van der Waals surface area contributed by atoms with E-state index in [0.717, 1.165) is 18.5 Å². The Morgan fingerprint density at radius 1 is 1.33 bits per heavy atom. The lowest BCUT2D eigenvalue weighted by atomic mass is 10.3. The van der Waals surface area contributed by atoms with Crippen molar-refractivity contribution in [1.29, 1.82) is 0 Å². The molecule has 2 heterocycles. The van der Waals surface area contributed by atoms with Crippen molar-refractivity contribution in [3.63, 3.8) is 0 Å². The number of hydrogen-bond acceptors (Lipinski definition) is 3. The van der Waals surface area contributed by atoms with Crippen molar-refractivity contribution in [2.45, 2.75) is 25.4 Å². The number of carbonyl (C=O) groups excluding carboxylic acids is 1. The summed E-state index contributed by atoms with van der Waals surface area (Å²) in [5, 5.41) is 0. The van der Waals surface area contributed by atoms with Gasteiger partial charge in [-0.3, -0.25) is 9.78 Å². The Kier molecular flexibility index (Phi) is 2.84. The second-order valence-electron chi connectivity index (χ2n) is 4.46. The van der Waals surface area contributed by atoms with Crippen LogP contribution in [0.5, 0.6) is 0 Å². The zero-order valence-corrected chi connectivity index (χ0v) is 9.95. The van der Waals surface area contributed by atoms with Gasteiger partial charge in [0, 0.05) is 12.2 Å². The Labute approximate surface area is 105 Å². The monoisotopic (exact) mass is 242 g/mol. The molecule has 1 amide bonds. The molecular weight excluding hydrogens is 228 g/mol. The molecule has 0 aliphatic heterocycles. The molecule has 3 rings (SSSR count). The summed E-state index contributed by atoms with van der Waals surface area (Å²) in [7, 11) is 0. The van der Waals surface area contributed by atoms with Crippen LogP contribution in [0.4, 0.5) is 0 Å². The molecule has 0 N–H and O–H groups in total. The van der Waals surface area contributed by atoms with Crippen LogP contribution in [0.2, 0.25) is 0 Å². The van der Waals surface area contributed by atoms with Gasteiger partial charge < -0.3 is 9.32 Å². The minimum atomic E-state index is -0.0480. The van der Waals surface area contributed by atoms with Crippen molar-refractivity contribution in [3.8, 4) is 0 Å². The molecule has 4 nitrogen and oxygen atoms in total. The van der Waals surface area contributed by atoms with E-state index in [0.29, 0.717) is 18.3 Å². The maximum absolute atomic E-state index is 12.3. The van der Waals surface area contributed by atoms with Gasteiger partial charge in [0.1, 0.15) is 0 Å². The van der Waals surface area contributed by atoms with Gasteiger partial charge in [0.25, 0.3) is 5.91 Å². The summed E-state index contributed by atoms with van der Waals surface area (Å²) in [6.45, 7) is 0.547. The zero-order chi connectivity index (χ0) is 12.4. The smallest absolute Gasteiger partial charge is 0.290 e. The number of carbonyl (C=O) groups is 1. The molecule has 1 saturated carbocycles. The fourth-order valence-electron chi connectivity index (χ4n) is 1.96. The highest BCUT2D eigenvalue weighted by atomic mass is 16.3. The average molecular weight is 242 g/mol. The highest BCUT2D eigenvalue weighted by Gasteiger charge is 2.34. The SMILES string of the molecule is O=C(c1ccco1)N(Cc1ccccn1)C1CC1. The van der Waals surface area contributed by atoms with E-state index in [1.807, 2.05) is 23.1 Å². The standard InChI is InChI=1S/C14H14N2O2/c17-14(13-5-3-9-18-13)16(12-6-7-12)10-11-4-1-2-8-15-11/h1-5,8-9,12H,6-7,10H2. The van der Waals surface area contributed by atoms with Crippen LogP contribution in [0.1, 0.15) is 29.1 Å². The quantitative estimate of drug-likeness (QED) is 0.827. The Morgan fingerprint density at radius 2 is 2.22 bits per heavy atom. The number of pyridine rings is 1. The molecule has 0 radical (unpaired) electrons. The van der Waals surface area contributed by atoms with Crippen LogP contribution in [0.3, 0.4) is 0 Å².